The fourth-order valence-corrected chi connectivity index (χ4v) is 4.12. The van der Waals surface area contributed by atoms with Crippen LogP contribution >= 0.6 is 0 Å². The number of allylic oxidation sites excluding steroid dienone is 3. The van der Waals surface area contributed by atoms with Crippen molar-refractivity contribution in [2.75, 3.05) is 0 Å². The summed E-state index contributed by atoms with van der Waals surface area (Å²) in [5, 5.41) is 10.0. The Morgan fingerprint density at radius 2 is 1.88 bits per heavy atom. The zero-order valence-corrected chi connectivity index (χ0v) is 15.4. The number of fused-ring (bicyclic) bond motifs is 2. The lowest BCUT2D eigenvalue weighted by Gasteiger charge is -2.10. The van der Waals surface area contributed by atoms with Gasteiger partial charge in [-0.1, -0.05) is 61.0 Å². The van der Waals surface area contributed by atoms with Gasteiger partial charge in [-0.15, -0.1) is 0 Å². The van der Waals surface area contributed by atoms with E-state index in [4.69, 9.17) is 0 Å². The summed E-state index contributed by atoms with van der Waals surface area (Å²) < 4.78 is 0. The van der Waals surface area contributed by atoms with Gasteiger partial charge in [0.15, 0.2) is 5.78 Å². The van der Waals surface area contributed by atoms with Crippen molar-refractivity contribution >= 4 is 16.9 Å². The Bertz CT molecular complexity index is 946. The highest BCUT2D eigenvalue weighted by Gasteiger charge is 2.32. The third-order valence-electron chi connectivity index (χ3n) is 5.53. The lowest BCUT2D eigenvalue weighted by atomic mass is 9.94. The molecule has 0 fully saturated rings. The molecule has 0 aromatic heterocycles. The molecule has 132 valence electrons. The van der Waals surface area contributed by atoms with Gasteiger partial charge < -0.3 is 5.11 Å². The molecule has 0 amide bonds. The van der Waals surface area contributed by atoms with E-state index in [1.54, 1.807) is 0 Å². The van der Waals surface area contributed by atoms with Crippen LogP contribution in [0.5, 0.6) is 0 Å². The quantitative estimate of drug-likeness (QED) is 0.821. The summed E-state index contributed by atoms with van der Waals surface area (Å²) >= 11 is 0. The summed E-state index contributed by atoms with van der Waals surface area (Å²) in [5.74, 6) is 0.218. The van der Waals surface area contributed by atoms with Crippen LogP contribution in [0.2, 0.25) is 0 Å². The molecule has 1 atom stereocenters. The Morgan fingerprint density at radius 1 is 1.08 bits per heavy atom. The predicted octanol–water partition coefficient (Wildman–Crippen LogP) is 4.67. The highest BCUT2D eigenvalue weighted by molar-refractivity contribution is 6.28. The van der Waals surface area contributed by atoms with E-state index in [-0.39, 0.29) is 11.9 Å². The van der Waals surface area contributed by atoms with Crippen LogP contribution < -0.4 is 0 Å². The number of aliphatic hydroxyl groups is 1. The molecule has 2 aliphatic carbocycles. The second kappa shape index (κ2) is 6.69. The molecule has 0 aliphatic heterocycles. The Kier molecular flexibility index (Phi) is 4.37. The lowest BCUT2D eigenvalue weighted by molar-refractivity contribution is -0.112. The Labute approximate surface area is 154 Å². The smallest absolute Gasteiger partial charge is 0.168 e. The topological polar surface area (TPSA) is 37.3 Å². The number of hydrogen-bond acceptors (Lipinski definition) is 2. The SMILES string of the molecule is CCC(O)C/C=C1\C(=C2\C(=O)Cc3cc(C)ccc32)Cc2ccccc21. The van der Waals surface area contributed by atoms with E-state index in [0.717, 1.165) is 40.7 Å². The Balaban J connectivity index is 1.88. The van der Waals surface area contributed by atoms with Crippen molar-refractivity contribution in [2.45, 2.75) is 45.6 Å². The normalized spacial score (nSPS) is 21.2. The summed E-state index contributed by atoms with van der Waals surface area (Å²) in [4.78, 5) is 12.9. The first-order valence-corrected chi connectivity index (χ1v) is 9.41. The van der Waals surface area contributed by atoms with Crippen LogP contribution in [0, 0.1) is 6.92 Å². The molecule has 26 heavy (non-hydrogen) atoms. The van der Waals surface area contributed by atoms with Crippen molar-refractivity contribution in [3.05, 3.63) is 81.9 Å². The number of hydrogen-bond donors (Lipinski definition) is 1. The minimum atomic E-state index is -0.337. The molecule has 2 aliphatic rings. The van der Waals surface area contributed by atoms with Gasteiger partial charge in [0.25, 0.3) is 0 Å². The number of ketones is 1. The van der Waals surface area contributed by atoms with E-state index in [2.05, 4.69) is 49.4 Å². The number of benzene rings is 2. The van der Waals surface area contributed by atoms with Gasteiger partial charge in [-0.3, -0.25) is 4.79 Å². The van der Waals surface area contributed by atoms with Crippen LogP contribution in [0.1, 0.15) is 47.6 Å². The van der Waals surface area contributed by atoms with Crippen molar-refractivity contribution in [2.24, 2.45) is 0 Å². The number of rotatable bonds is 3. The lowest BCUT2D eigenvalue weighted by Crippen LogP contribution is -2.03. The fourth-order valence-electron chi connectivity index (χ4n) is 4.12. The maximum Gasteiger partial charge on any atom is 0.168 e. The van der Waals surface area contributed by atoms with Gasteiger partial charge in [0.1, 0.15) is 0 Å². The molecule has 0 saturated heterocycles. The zero-order valence-electron chi connectivity index (χ0n) is 15.4. The number of aryl methyl sites for hydroxylation is 1. The first-order valence-electron chi connectivity index (χ1n) is 9.41. The molecule has 2 nitrogen and oxygen atoms in total. The van der Waals surface area contributed by atoms with Gasteiger partial charge in [0.2, 0.25) is 0 Å². The van der Waals surface area contributed by atoms with Crippen LogP contribution in [-0.4, -0.2) is 17.0 Å². The van der Waals surface area contributed by atoms with Crippen LogP contribution in [0.4, 0.5) is 0 Å². The van der Waals surface area contributed by atoms with E-state index in [0.29, 0.717) is 12.8 Å². The molecular formula is C24H24O2. The minimum absolute atomic E-state index is 0.218. The van der Waals surface area contributed by atoms with Gasteiger partial charge in [0.05, 0.1) is 6.10 Å². The second-order valence-electron chi connectivity index (χ2n) is 7.36. The minimum Gasteiger partial charge on any atom is -0.393 e. The molecule has 2 heteroatoms. The van der Waals surface area contributed by atoms with E-state index in [1.165, 1.54) is 16.7 Å². The van der Waals surface area contributed by atoms with E-state index in [1.807, 2.05) is 13.0 Å². The van der Waals surface area contributed by atoms with Crippen LogP contribution in [0.25, 0.3) is 11.1 Å². The molecule has 2 aromatic carbocycles. The second-order valence-corrected chi connectivity index (χ2v) is 7.36. The molecule has 0 bridgehead atoms. The van der Waals surface area contributed by atoms with Gasteiger partial charge in [-0.25, -0.2) is 0 Å². The third-order valence-corrected chi connectivity index (χ3v) is 5.53. The van der Waals surface area contributed by atoms with Gasteiger partial charge in [-0.05, 0) is 59.6 Å². The van der Waals surface area contributed by atoms with Gasteiger partial charge in [0, 0.05) is 12.0 Å². The molecule has 4 rings (SSSR count). The maximum atomic E-state index is 12.9. The van der Waals surface area contributed by atoms with E-state index >= 15 is 0 Å². The Hall–Kier alpha value is -2.45. The molecule has 0 heterocycles. The summed E-state index contributed by atoms with van der Waals surface area (Å²) in [6.07, 6.45) is 4.43. The third kappa shape index (κ3) is 2.85. The zero-order chi connectivity index (χ0) is 18.3. The Morgan fingerprint density at radius 3 is 2.69 bits per heavy atom. The largest absolute Gasteiger partial charge is 0.393 e. The molecule has 1 N–H and O–H groups in total. The molecule has 0 spiro atoms. The first-order chi connectivity index (χ1) is 12.6. The average molecular weight is 344 g/mol. The van der Waals surface area contributed by atoms with Crippen LogP contribution in [0.15, 0.2) is 54.1 Å². The van der Waals surface area contributed by atoms with Crippen LogP contribution in [0.3, 0.4) is 0 Å². The van der Waals surface area contributed by atoms with E-state index in [9.17, 15) is 9.90 Å². The standard InChI is InChI=1S/C24H24O2/c1-3-18(25)9-11-21-19-7-5-4-6-16(19)13-22(21)24-20-10-8-15(2)12-17(20)14-23(24)26/h4-8,10-12,18,25H,3,9,13-14H2,1-2H3/b21-11-,24-22+. The molecule has 0 saturated carbocycles. The summed E-state index contributed by atoms with van der Waals surface area (Å²) in [5.41, 5.74) is 9.03. The summed E-state index contributed by atoms with van der Waals surface area (Å²) in [6.45, 7) is 4.06. The fraction of sp³-hybridized carbons (Fsp3) is 0.292. The maximum absolute atomic E-state index is 12.9. The monoisotopic (exact) mass is 344 g/mol. The van der Waals surface area contributed by atoms with E-state index < -0.39 is 0 Å². The first kappa shape index (κ1) is 17.0. The molecule has 2 aromatic rings. The summed E-state index contributed by atoms with van der Waals surface area (Å²) in [6, 6.07) is 14.7. The number of carbonyl (C=O) groups excluding carboxylic acids is 1. The summed E-state index contributed by atoms with van der Waals surface area (Å²) in [7, 11) is 0. The van der Waals surface area contributed by atoms with Crippen LogP contribution in [-0.2, 0) is 17.6 Å². The molecule has 1 unspecified atom stereocenters. The molecule has 0 radical (unpaired) electrons. The van der Waals surface area contributed by atoms with Gasteiger partial charge >= 0.3 is 0 Å². The highest BCUT2D eigenvalue weighted by atomic mass is 16.3. The average Bonchev–Trinajstić information content (AvgIpc) is 3.15. The van der Waals surface area contributed by atoms with Crippen molar-refractivity contribution < 1.29 is 9.90 Å². The van der Waals surface area contributed by atoms with Gasteiger partial charge in [-0.2, -0.15) is 0 Å². The van der Waals surface area contributed by atoms with Crippen molar-refractivity contribution in [1.29, 1.82) is 0 Å². The van der Waals surface area contributed by atoms with Crippen molar-refractivity contribution in [3.8, 4) is 0 Å². The van der Waals surface area contributed by atoms with Crippen molar-refractivity contribution in [1.82, 2.24) is 0 Å². The van der Waals surface area contributed by atoms with Crippen molar-refractivity contribution in [3.63, 3.8) is 0 Å². The number of Topliss-reactive ketones (excluding diaryl/α,β-unsaturated/α-hetero) is 1. The highest BCUT2D eigenvalue weighted by Crippen LogP contribution is 2.44. The molecular weight excluding hydrogens is 320 g/mol. The predicted molar refractivity (Wildman–Crippen MR) is 106 cm³/mol. The number of carbonyl (C=O) groups is 1. The number of aliphatic hydroxyl groups excluding tert-OH is 1.